The molecule has 3 heterocycles. The zero-order chi connectivity index (χ0) is 40.3. The number of methoxy groups -OCH3 is 2. The molecule has 0 radical (unpaired) electrons. The van der Waals surface area contributed by atoms with Crippen molar-refractivity contribution in [1.82, 2.24) is 0 Å². The molecule has 18 nitrogen and oxygen atoms in total. The van der Waals surface area contributed by atoms with Crippen molar-refractivity contribution in [2.45, 2.75) is 55.4 Å². The number of aromatic hydroxyl groups is 7. The van der Waals surface area contributed by atoms with Crippen molar-refractivity contribution in [1.29, 1.82) is 0 Å². The largest absolute Gasteiger partial charge is 0.508 e. The van der Waals surface area contributed by atoms with Crippen LogP contribution in [-0.4, -0.2) is 119 Å². The summed E-state index contributed by atoms with van der Waals surface area (Å²) in [5, 5.41) is 129. The molecule has 1 fully saturated rings. The van der Waals surface area contributed by atoms with Crippen LogP contribution in [0.2, 0.25) is 0 Å². The second-order valence-corrected chi connectivity index (χ2v) is 13.3. The molecular weight excluding hydrogens is 744 g/mol. The number of hydrogen-bond donors (Lipinski definition) is 12. The predicted molar refractivity (Wildman–Crippen MR) is 188 cm³/mol. The molecule has 298 valence electrons. The van der Waals surface area contributed by atoms with Gasteiger partial charge in [0.25, 0.3) is 0 Å². The van der Waals surface area contributed by atoms with E-state index in [-0.39, 0.29) is 62.8 Å². The fourth-order valence-corrected chi connectivity index (χ4v) is 7.08. The van der Waals surface area contributed by atoms with Crippen LogP contribution in [0.5, 0.6) is 63.2 Å². The molecule has 0 bridgehead atoms. The monoisotopic (exact) mass is 782 g/mol. The summed E-state index contributed by atoms with van der Waals surface area (Å²) in [5.41, 5.74) is -0.642. The summed E-state index contributed by atoms with van der Waals surface area (Å²) < 4.78 is 35.4. The first-order chi connectivity index (χ1) is 26.7. The Hall–Kier alpha value is -6.02. The van der Waals surface area contributed by atoms with E-state index in [2.05, 4.69) is 0 Å². The summed E-state index contributed by atoms with van der Waals surface area (Å²) >= 11 is 0. The van der Waals surface area contributed by atoms with Gasteiger partial charge in [-0.15, -0.1) is 0 Å². The summed E-state index contributed by atoms with van der Waals surface area (Å²) in [6.45, 7) is -0.831. The number of phenols is 7. The zero-order valence-corrected chi connectivity index (χ0v) is 29.5. The third-order valence-corrected chi connectivity index (χ3v) is 9.87. The minimum absolute atomic E-state index is 0.0416. The van der Waals surface area contributed by atoms with Gasteiger partial charge in [0.15, 0.2) is 34.9 Å². The Morgan fingerprint density at radius 3 is 2.00 bits per heavy atom. The molecule has 56 heavy (non-hydrogen) atoms. The molecule has 1 unspecified atom stereocenters. The first kappa shape index (κ1) is 38.3. The van der Waals surface area contributed by atoms with Gasteiger partial charge >= 0.3 is 0 Å². The second-order valence-electron chi connectivity index (χ2n) is 13.3. The number of ether oxygens (including phenoxy) is 6. The van der Waals surface area contributed by atoms with Gasteiger partial charge in [0.1, 0.15) is 65.0 Å². The highest BCUT2D eigenvalue weighted by Crippen LogP contribution is 2.57. The van der Waals surface area contributed by atoms with E-state index in [1.807, 2.05) is 0 Å². The van der Waals surface area contributed by atoms with Crippen LogP contribution in [0.15, 0.2) is 54.3 Å². The molecule has 12 N–H and O–H groups in total. The van der Waals surface area contributed by atoms with Gasteiger partial charge in [0.2, 0.25) is 12.0 Å². The summed E-state index contributed by atoms with van der Waals surface area (Å²) in [6.07, 6.45) is -13.6. The highest BCUT2D eigenvalue weighted by atomic mass is 16.7. The lowest BCUT2D eigenvalue weighted by Gasteiger charge is -2.42. The molecule has 0 spiro atoms. The van der Waals surface area contributed by atoms with Crippen LogP contribution >= 0.6 is 0 Å². The third kappa shape index (κ3) is 6.37. The Balaban J connectivity index is 1.55. The number of aliphatic hydroxyl groups excluding tert-OH is 5. The van der Waals surface area contributed by atoms with Crippen LogP contribution in [0.4, 0.5) is 0 Å². The van der Waals surface area contributed by atoms with Crippen molar-refractivity contribution < 1.29 is 89.7 Å². The topological polar surface area (TPSA) is 298 Å². The van der Waals surface area contributed by atoms with Gasteiger partial charge in [0.05, 0.1) is 38.1 Å². The van der Waals surface area contributed by atoms with Gasteiger partial charge in [-0.05, 0) is 29.8 Å². The average Bonchev–Trinajstić information content (AvgIpc) is 3.16. The molecule has 3 aliphatic heterocycles. The van der Waals surface area contributed by atoms with Crippen LogP contribution in [0.3, 0.4) is 0 Å². The normalized spacial score (nSPS) is 25.7. The third-order valence-electron chi connectivity index (χ3n) is 9.87. The molecule has 18 heteroatoms. The van der Waals surface area contributed by atoms with Gasteiger partial charge in [-0.3, -0.25) is 0 Å². The van der Waals surface area contributed by atoms with Gasteiger partial charge < -0.3 is 89.7 Å². The van der Waals surface area contributed by atoms with E-state index in [0.29, 0.717) is 0 Å². The molecular formula is C38H38O18. The Bertz CT molecular complexity index is 2180. The fourth-order valence-electron chi connectivity index (χ4n) is 7.08. The quantitative estimate of drug-likeness (QED) is 0.112. The van der Waals surface area contributed by atoms with Crippen LogP contribution in [-0.2, 0) is 15.9 Å². The summed E-state index contributed by atoms with van der Waals surface area (Å²) in [6, 6.07) is 9.30. The van der Waals surface area contributed by atoms with Gasteiger partial charge in [0, 0.05) is 41.3 Å². The zero-order valence-electron chi connectivity index (χ0n) is 29.5. The summed E-state index contributed by atoms with van der Waals surface area (Å²) in [5.74, 6) is -4.92. The SMILES string of the molecule is COc1cc(C2Oc3cc(O)cc(O)c3C(c3c(O)cc(O)c4c3O[C@H](c3ccc(O)c(O)c3)[C@H](O)C4)=C2O[C@@H]2O[C@H](CO)[C@@H](O)[C@H](O)[C@H]2O)cc(OC)c1O. The van der Waals surface area contributed by atoms with E-state index in [1.165, 1.54) is 32.4 Å². The van der Waals surface area contributed by atoms with Crippen molar-refractivity contribution in [3.05, 3.63) is 82.1 Å². The minimum atomic E-state index is -2.00. The molecule has 0 aromatic heterocycles. The molecule has 1 saturated heterocycles. The van der Waals surface area contributed by atoms with E-state index >= 15 is 0 Å². The number of benzene rings is 4. The van der Waals surface area contributed by atoms with Crippen molar-refractivity contribution in [2.75, 3.05) is 20.8 Å². The van der Waals surface area contributed by atoms with Crippen LogP contribution in [0.25, 0.3) is 5.57 Å². The van der Waals surface area contributed by atoms with E-state index in [4.69, 9.17) is 28.4 Å². The predicted octanol–water partition coefficient (Wildman–Crippen LogP) is 1.39. The lowest BCUT2D eigenvalue weighted by Crippen LogP contribution is -2.59. The lowest BCUT2D eigenvalue weighted by atomic mass is 9.85. The molecule has 0 aliphatic carbocycles. The number of rotatable bonds is 8. The van der Waals surface area contributed by atoms with Crippen molar-refractivity contribution in [3.8, 4) is 63.2 Å². The van der Waals surface area contributed by atoms with Gasteiger partial charge in [-0.25, -0.2) is 0 Å². The maximum atomic E-state index is 11.8. The highest BCUT2D eigenvalue weighted by Gasteiger charge is 2.48. The molecule has 0 amide bonds. The maximum absolute atomic E-state index is 11.8. The van der Waals surface area contributed by atoms with Gasteiger partial charge in [-0.1, -0.05) is 6.07 Å². The Morgan fingerprint density at radius 1 is 0.679 bits per heavy atom. The number of fused-ring (bicyclic) bond motifs is 2. The first-order valence-corrected chi connectivity index (χ1v) is 17.0. The fraction of sp³-hybridized carbons (Fsp3) is 0.316. The van der Waals surface area contributed by atoms with Crippen molar-refractivity contribution in [3.63, 3.8) is 0 Å². The minimum Gasteiger partial charge on any atom is -0.508 e. The molecule has 7 rings (SSSR count). The Kier molecular flexibility index (Phi) is 9.95. The van der Waals surface area contributed by atoms with E-state index in [0.717, 1.165) is 30.3 Å². The average molecular weight is 783 g/mol. The van der Waals surface area contributed by atoms with Gasteiger partial charge in [-0.2, -0.15) is 0 Å². The Morgan fingerprint density at radius 2 is 1.36 bits per heavy atom. The lowest BCUT2D eigenvalue weighted by molar-refractivity contribution is -0.293. The highest BCUT2D eigenvalue weighted by molar-refractivity contribution is 5.94. The number of phenolic OH excluding ortho intramolecular Hbond substituents is 7. The molecule has 3 aliphatic rings. The Labute approximate surface area is 316 Å². The second kappa shape index (κ2) is 14.6. The number of hydrogen-bond acceptors (Lipinski definition) is 18. The summed E-state index contributed by atoms with van der Waals surface area (Å²) in [7, 11) is 2.52. The standard InChI is InChI=1S/C38H38O18/c1-51-24-6-14(7-25(52-2)30(24)47)35-37(56-38-33(50)32(49)31(48)26(12-39)54-38)29(27-20(44)8-15(40)9-23(27)53-35)28-21(45)11-18(42)16-10-22(46)34(55-36(16)28)13-3-4-17(41)19(43)5-13/h3-9,11,22,26,31-35,38-50H,10,12H2,1-2H3/t22-,26-,31-,32+,33-,34-,35?,38+/m1/s1. The molecule has 8 atom stereocenters. The van der Waals surface area contributed by atoms with Crippen LogP contribution in [0.1, 0.15) is 40.0 Å². The van der Waals surface area contributed by atoms with E-state index in [9.17, 15) is 61.3 Å². The summed E-state index contributed by atoms with van der Waals surface area (Å²) in [4.78, 5) is 0. The van der Waals surface area contributed by atoms with Crippen molar-refractivity contribution >= 4 is 5.57 Å². The smallest absolute Gasteiger partial charge is 0.228 e. The molecule has 4 aromatic rings. The van der Waals surface area contributed by atoms with E-state index < -0.39 is 102 Å². The number of aliphatic hydroxyl groups is 5. The molecule has 0 saturated carbocycles. The van der Waals surface area contributed by atoms with Crippen LogP contribution < -0.4 is 18.9 Å². The first-order valence-electron chi connectivity index (χ1n) is 17.0. The van der Waals surface area contributed by atoms with Crippen molar-refractivity contribution in [2.24, 2.45) is 0 Å². The maximum Gasteiger partial charge on any atom is 0.228 e. The molecule has 4 aromatic carbocycles. The van der Waals surface area contributed by atoms with Crippen LogP contribution in [0, 0.1) is 0 Å². The van der Waals surface area contributed by atoms with E-state index in [1.54, 1.807) is 0 Å².